The van der Waals surface area contributed by atoms with Crippen LogP contribution in [0.2, 0.25) is 0 Å². The summed E-state index contributed by atoms with van der Waals surface area (Å²) in [6.07, 6.45) is 3.94. The molecule has 0 aliphatic heterocycles. The predicted molar refractivity (Wildman–Crippen MR) is 282 cm³/mol. The minimum Gasteiger partial charge on any atom is -0.370 e. The van der Waals surface area contributed by atoms with E-state index in [0.717, 1.165) is 0 Å². The van der Waals surface area contributed by atoms with Crippen LogP contribution in [0.1, 0.15) is 105 Å². The number of aromatic nitrogens is 2. The van der Waals surface area contributed by atoms with Gasteiger partial charge < -0.3 is 75.8 Å². The van der Waals surface area contributed by atoms with Crippen molar-refractivity contribution in [2.75, 3.05) is 6.54 Å². The van der Waals surface area contributed by atoms with E-state index in [1.165, 1.54) is 13.3 Å². The molecule has 1 aromatic carbocycles. The Labute approximate surface area is 448 Å². The van der Waals surface area contributed by atoms with Crippen LogP contribution < -0.4 is 70.8 Å². The predicted octanol–water partition coefficient (Wildman–Crippen LogP) is -3.32. The molecular weight excluding hydrogens is 1000 g/mol. The molecular formula is C50H79N16O11. The standard InChI is InChI=1S/C50H79N16O11/c1-26(2)18-35(63-44(72)34(14-11-17-57-50(54)55)61-43(71)33(51)15-16-39(52)68)45(73)59-29(7)42(70)62-38(22-40(53)69)47(75)65-37(20-30-12-9-8-10-13-30)46(74)64-36(19-27(3)4)48(76)66-41(28(5)6)49(77)60-32(24-67)21-31-23-56-25-58-31/h8-10,12-13,23,25-29,32-38,41H,11,14-22,51H2,1-7H3,(H2,52,68)(H2,53,69)(H,56,58)(H,59,73)(H,60,77)(H,61,71)(H,62,70)(H,63,72)(H,64,74)(H,65,75)(H,66,76)(H4,54,55,57)/t29-,32-,33-,34-,35-,36-,37-,38-,41-/m0/s1. The van der Waals surface area contributed by atoms with Crippen molar-refractivity contribution in [3.63, 3.8) is 0 Å². The quantitative estimate of drug-likeness (QED) is 0.0183. The third-order valence-corrected chi connectivity index (χ3v) is 11.7. The molecule has 0 bridgehead atoms. The summed E-state index contributed by atoms with van der Waals surface area (Å²) in [5.41, 5.74) is 23.1. The first kappa shape index (κ1) is 65.1. The van der Waals surface area contributed by atoms with Crippen molar-refractivity contribution >= 4 is 71.3 Å². The number of hydrogen-bond donors (Lipinski definition) is 15. The van der Waals surface area contributed by atoms with Gasteiger partial charge in [-0.05, 0) is 62.3 Å². The lowest BCUT2D eigenvalue weighted by Crippen LogP contribution is -2.61. The summed E-state index contributed by atoms with van der Waals surface area (Å²) >= 11 is 0. The van der Waals surface area contributed by atoms with E-state index in [-0.39, 0.29) is 75.7 Å². The molecule has 0 saturated carbocycles. The molecule has 425 valence electrons. The highest BCUT2D eigenvalue weighted by atomic mass is 16.2. The summed E-state index contributed by atoms with van der Waals surface area (Å²) in [6.45, 7) is 11.9. The molecule has 10 amide bonds. The first-order valence-corrected chi connectivity index (χ1v) is 25.4. The molecule has 0 unspecified atom stereocenters. The minimum atomic E-state index is -1.70. The third kappa shape index (κ3) is 25.0. The number of imidazole rings is 1. The van der Waals surface area contributed by atoms with Gasteiger partial charge in [0.15, 0.2) is 5.96 Å². The van der Waals surface area contributed by atoms with Crippen LogP contribution in [0, 0.1) is 23.2 Å². The first-order valence-electron chi connectivity index (χ1n) is 25.4. The molecule has 9 atom stereocenters. The van der Waals surface area contributed by atoms with Gasteiger partial charge in [0.25, 0.3) is 0 Å². The van der Waals surface area contributed by atoms with Gasteiger partial charge in [0, 0.05) is 32.0 Å². The normalized spacial score (nSPS) is 14.6. The zero-order chi connectivity index (χ0) is 57.9. The number of carbonyl (C=O) groups is 10. The number of H-pyrrole nitrogens is 1. The fourth-order valence-corrected chi connectivity index (χ4v) is 7.66. The number of nitrogens with zero attached hydrogens (tertiary/aromatic N) is 1. The van der Waals surface area contributed by atoms with Gasteiger partial charge in [0.2, 0.25) is 65.4 Å². The Kier molecular flexibility index (Phi) is 28.0. The van der Waals surface area contributed by atoms with Gasteiger partial charge >= 0.3 is 0 Å². The zero-order valence-electron chi connectivity index (χ0n) is 44.8. The lowest BCUT2D eigenvalue weighted by atomic mass is 9.98. The van der Waals surface area contributed by atoms with Gasteiger partial charge in [-0.3, -0.25) is 58.1 Å². The average Bonchev–Trinajstić information content (AvgIpc) is 3.87. The van der Waals surface area contributed by atoms with Crippen molar-refractivity contribution in [2.45, 2.75) is 161 Å². The molecule has 1 heterocycles. The van der Waals surface area contributed by atoms with E-state index < -0.39 is 126 Å². The van der Waals surface area contributed by atoms with Crippen LogP contribution in [0.3, 0.4) is 0 Å². The van der Waals surface area contributed by atoms with Crippen molar-refractivity contribution in [1.82, 2.24) is 57.8 Å². The Morgan fingerprint density at radius 3 is 1.66 bits per heavy atom. The molecule has 1 radical (unpaired) electrons. The lowest BCUT2D eigenvalue weighted by molar-refractivity contribution is -0.136. The fourth-order valence-electron chi connectivity index (χ4n) is 7.66. The summed E-state index contributed by atoms with van der Waals surface area (Å²) in [5.74, 6) is -9.56. The Balaban J connectivity index is 2.34. The van der Waals surface area contributed by atoms with Crippen molar-refractivity contribution in [3.8, 4) is 0 Å². The number of nitrogens with two attached hydrogens (primary N) is 4. The van der Waals surface area contributed by atoms with Crippen molar-refractivity contribution in [2.24, 2.45) is 40.7 Å². The van der Waals surface area contributed by atoms with E-state index in [1.807, 2.05) is 0 Å². The SMILES string of the molecule is CC(C)C[C@H](NC(=O)[C@H](CCCNC(=N)N)NC(=O)[C@@H](N)CCC(N)=O)C(=O)N[C@@H](C)C(=O)N[C@@H](CC(N)=O)C(=O)N[C@@H](Cc1ccccc1)C(=O)N[C@@H](CC(C)C)C(=O)N[C@H](C(=O)N[C@H]([C]=O)Cc1c[nH]cn1)C(C)C. The molecule has 2 aromatic rings. The third-order valence-electron chi connectivity index (χ3n) is 11.7. The van der Waals surface area contributed by atoms with E-state index in [2.05, 4.69) is 57.8 Å². The highest BCUT2D eigenvalue weighted by Gasteiger charge is 2.35. The van der Waals surface area contributed by atoms with E-state index in [1.54, 1.807) is 84.4 Å². The average molecular weight is 1080 g/mol. The van der Waals surface area contributed by atoms with Crippen LogP contribution in [0.25, 0.3) is 0 Å². The Hall–Kier alpha value is -7.97. The van der Waals surface area contributed by atoms with Gasteiger partial charge in [-0.15, -0.1) is 0 Å². The number of hydrogen-bond acceptors (Lipinski definition) is 14. The van der Waals surface area contributed by atoms with Gasteiger partial charge in [-0.2, -0.15) is 0 Å². The largest absolute Gasteiger partial charge is 0.370 e. The van der Waals surface area contributed by atoms with Gasteiger partial charge in [-0.25, -0.2) is 4.98 Å². The molecule has 77 heavy (non-hydrogen) atoms. The van der Waals surface area contributed by atoms with Crippen LogP contribution in [-0.4, -0.2) is 142 Å². The second-order valence-electron chi connectivity index (χ2n) is 19.9. The number of aromatic amines is 1. The van der Waals surface area contributed by atoms with E-state index in [4.69, 9.17) is 28.3 Å². The van der Waals surface area contributed by atoms with E-state index in [9.17, 15) is 52.7 Å². The van der Waals surface area contributed by atoms with Crippen LogP contribution in [-0.2, 0) is 65.6 Å². The van der Waals surface area contributed by atoms with Crippen LogP contribution in [0.15, 0.2) is 42.9 Å². The topological polar surface area (TPSA) is 453 Å². The number of nitrogens with one attached hydrogen (secondary N) is 11. The molecule has 2 rings (SSSR count). The number of carbonyl (C=O) groups excluding carboxylic acids is 11. The lowest BCUT2D eigenvalue weighted by Gasteiger charge is -2.29. The monoisotopic (exact) mass is 1080 g/mol. The summed E-state index contributed by atoms with van der Waals surface area (Å²) in [4.78, 5) is 152. The number of benzene rings is 1. The van der Waals surface area contributed by atoms with Crippen molar-refractivity contribution in [3.05, 3.63) is 54.1 Å². The highest BCUT2D eigenvalue weighted by Crippen LogP contribution is 2.13. The molecule has 0 saturated heterocycles. The Morgan fingerprint density at radius 1 is 0.610 bits per heavy atom. The van der Waals surface area contributed by atoms with E-state index >= 15 is 0 Å². The van der Waals surface area contributed by atoms with Gasteiger partial charge in [0.05, 0.1) is 24.5 Å². The highest BCUT2D eigenvalue weighted by molar-refractivity contribution is 5.99. The van der Waals surface area contributed by atoms with Crippen LogP contribution in [0.4, 0.5) is 0 Å². The fraction of sp³-hybridized carbons (Fsp3) is 0.580. The molecule has 0 spiro atoms. The van der Waals surface area contributed by atoms with E-state index in [0.29, 0.717) is 11.3 Å². The molecule has 0 fully saturated rings. The number of primary amides is 2. The van der Waals surface area contributed by atoms with Gasteiger partial charge in [0.1, 0.15) is 48.3 Å². The number of guanidine groups is 1. The zero-order valence-corrected chi connectivity index (χ0v) is 44.8. The maximum absolute atomic E-state index is 14.3. The molecule has 0 aliphatic carbocycles. The smallest absolute Gasteiger partial charge is 0.243 e. The maximum Gasteiger partial charge on any atom is 0.243 e. The summed E-state index contributed by atoms with van der Waals surface area (Å²) < 4.78 is 0. The van der Waals surface area contributed by atoms with Crippen molar-refractivity contribution < 1.29 is 52.7 Å². The van der Waals surface area contributed by atoms with Crippen LogP contribution in [0.5, 0.6) is 0 Å². The second kappa shape index (κ2) is 33.1. The molecule has 27 heteroatoms. The summed E-state index contributed by atoms with van der Waals surface area (Å²) in [6, 6.07) is -3.29. The maximum atomic E-state index is 14.3. The van der Waals surface area contributed by atoms with Crippen LogP contribution >= 0.6 is 0 Å². The molecule has 19 N–H and O–H groups in total. The number of amides is 10. The molecule has 0 aliphatic rings. The molecule has 1 aromatic heterocycles. The van der Waals surface area contributed by atoms with Crippen molar-refractivity contribution in [1.29, 1.82) is 5.41 Å². The summed E-state index contributed by atoms with van der Waals surface area (Å²) in [7, 11) is 0. The van der Waals surface area contributed by atoms with Gasteiger partial charge in [-0.1, -0.05) is 71.9 Å². The molecule has 27 nitrogen and oxygen atoms in total. The Bertz CT molecular complexity index is 2320. The Morgan fingerprint density at radius 2 is 1.14 bits per heavy atom. The summed E-state index contributed by atoms with van der Waals surface area (Å²) in [5, 5.41) is 30.6. The minimum absolute atomic E-state index is 0.00255. The number of rotatable bonds is 35. The first-order chi connectivity index (χ1) is 36.2. The second-order valence-corrected chi connectivity index (χ2v) is 19.9.